The summed E-state index contributed by atoms with van der Waals surface area (Å²) in [5.41, 5.74) is 0.728. The number of carbonyl (C=O) groups excluding carboxylic acids is 1. The number of rotatable bonds is 8. The van der Waals surface area contributed by atoms with Crippen molar-refractivity contribution in [2.75, 3.05) is 11.3 Å². The van der Waals surface area contributed by atoms with Gasteiger partial charge >= 0.3 is 0 Å². The summed E-state index contributed by atoms with van der Waals surface area (Å²) in [5.74, 6) is -0.927. The predicted octanol–water partition coefficient (Wildman–Crippen LogP) is 3.20. The number of para-hydroxylation sites is 1. The van der Waals surface area contributed by atoms with E-state index in [1.165, 1.54) is 30.3 Å². The molecule has 1 atom stereocenters. The molecule has 0 radical (unpaired) electrons. The molecule has 2 aromatic carbocycles. The molecule has 3 rings (SSSR count). The molecule has 0 fully saturated rings. The smallest absolute Gasteiger partial charge is 0.262 e. The zero-order valence-corrected chi connectivity index (χ0v) is 17.5. The van der Waals surface area contributed by atoms with E-state index in [1.54, 1.807) is 23.9 Å². The van der Waals surface area contributed by atoms with Gasteiger partial charge in [0.2, 0.25) is 0 Å². The zero-order chi connectivity index (χ0) is 21.7. The van der Waals surface area contributed by atoms with Crippen molar-refractivity contribution in [3.8, 4) is 0 Å². The van der Waals surface area contributed by atoms with Crippen molar-refractivity contribution >= 4 is 21.6 Å². The van der Waals surface area contributed by atoms with Gasteiger partial charge in [0.05, 0.1) is 10.6 Å². The van der Waals surface area contributed by atoms with Crippen molar-refractivity contribution in [2.24, 2.45) is 5.92 Å². The summed E-state index contributed by atoms with van der Waals surface area (Å²) in [4.78, 5) is 12.5. The zero-order valence-electron chi connectivity index (χ0n) is 16.7. The van der Waals surface area contributed by atoms with Gasteiger partial charge in [-0.05, 0) is 48.7 Å². The molecule has 9 heteroatoms. The Kier molecular flexibility index (Phi) is 6.51. The lowest BCUT2D eigenvalue weighted by molar-refractivity contribution is 0.0945. The molecule has 0 saturated carbocycles. The first-order valence-electron chi connectivity index (χ1n) is 9.40. The van der Waals surface area contributed by atoms with Gasteiger partial charge in [-0.3, -0.25) is 14.2 Å². The SMILES string of the molecule is Cc1ccc(S(=O)(=O)Nc2ccccc2F)cc1C(=O)NCC(C)Cn1cccn1. The lowest BCUT2D eigenvalue weighted by Crippen LogP contribution is -2.30. The summed E-state index contributed by atoms with van der Waals surface area (Å²) < 4.78 is 43.2. The number of aromatic nitrogens is 2. The number of carbonyl (C=O) groups is 1. The van der Waals surface area contributed by atoms with E-state index < -0.39 is 15.8 Å². The molecular weight excluding hydrogens is 407 g/mol. The fourth-order valence-corrected chi connectivity index (χ4v) is 4.01. The molecule has 0 aliphatic rings. The second-order valence-electron chi connectivity index (χ2n) is 7.11. The van der Waals surface area contributed by atoms with Crippen LogP contribution in [0.25, 0.3) is 0 Å². The number of hydrogen-bond donors (Lipinski definition) is 2. The molecule has 2 N–H and O–H groups in total. The topological polar surface area (TPSA) is 93.1 Å². The Bertz CT molecular complexity index is 1130. The van der Waals surface area contributed by atoms with Gasteiger partial charge < -0.3 is 5.32 Å². The van der Waals surface area contributed by atoms with Crippen molar-refractivity contribution in [2.45, 2.75) is 25.3 Å². The van der Waals surface area contributed by atoms with E-state index in [9.17, 15) is 17.6 Å². The second kappa shape index (κ2) is 9.08. The first-order valence-corrected chi connectivity index (χ1v) is 10.9. The third kappa shape index (κ3) is 5.24. The maximum Gasteiger partial charge on any atom is 0.262 e. The van der Waals surface area contributed by atoms with Gasteiger partial charge in [-0.2, -0.15) is 5.10 Å². The summed E-state index contributed by atoms with van der Waals surface area (Å²) in [6.07, 6.45) is 3.54. The van der Waals surface area contributed by atoms with Crippen LogP contribution in [-0.4, -0.2) is 30.7 Å². The largest absolute Gasteiger partial charge is 0.352 e. The standard InChI is InChI=1S/C21H23FN4O3S/c1-15(14-26-11-5-10-24-26)13-23-21(27)18-12-17(9-8-16(18)2)30(28,29)25-20-7-4-3-6-19(20)22/h3-12,15,25H,13-14H2,1-2H3,(H,23,27). The quantitative estimate of drug-likeness (QED) is 0.574. The Morgan fingerprint density at radius 2 is 1.97 bits per heavy atom. The van der Waals surface area contributed by atoms with E-state index in [1.807, 2.05) is 19.2 Å². The van der Waals surface area contributed by atoms with Gasteiger partial charge in [0.25, 0.3) is 15.9 Å². The van der Waals surface area contributed by atoms with E-state index in [4.69, 9.17) is 0 Å². The number of hydrogen-bond acceptors (Lipinski definition) is 4. The number of nitrogens with one attached hydrogen (secondary N) is 2. The molecule has 1 aromatic heterocycles. The molecule has 0 bridgehead atoms. The van der Waals surface area contributed by atoms with E-state index in [0.29, 0.717) is 18.7 Å². The van der Waals surface area contributed by atoms with Crippen molar-refractivity contribution in [1.82, 2.24) is 15.1 Å². The van der Waals surface area contributed by atoms with Crippen LogP contribution in [0.15, 0.2) is 65.8 Å². The van der Waals surface area contributed by atoms with Crippen LogP contribution in [0.5, 0.6) is 0 Å². The fourth-order valence-electron chi connectivity index (χ4n) is 2.92. The molecule has 1 heterocycles. The van der Waals surface area contributed by atoms with Crippen LogP contribution in [-0.2, 0) is 16.6 Å². The molecule has 1 unspecified atom stereocenters. The van der Waals surface area contributed by atoms with Crippen LogP contribution >= 0.6 is 0 Å². The van der Waals surface area contributed by atoms with Gasteiger partial charge in [0.15, 0.2) is 0 Å². The van der Waals surface area contributed by atoms with E-state index in [-0.39, 0.29) is 28.0 Å². The van der Waals surface area contributed by atoms with Gasteiger partial charge in [-0.25, -0.2) is 12.8 Å². The highest BCUT2D eigenvalue weighted by atomic mass is 32.2. The van der Waals surface area contributed by atoms with Crippen LogP contribution in [0.4, 0.5) is 10.1 Å². The Labute approximate surface area is 175 Å². The summed E-state index contributed by atoms with van der Waals surface area (Å²) in [7, 11) is -4.06. The molecule has 0 saturated heterocycles. The van der Waals surface area contributed by atoms with Crippen molar-refractivity contribution < 1.29 is 17.6 Å². The maximum atomic E-state index is 13.8. The van der Waals surface area contributed by atoms with Crippen LogP contribution in [0.3, 0.4) is 0 Å². The summed E-state index contributed by atoms with van der Waals surface area (Å²) in [5, 5.41) is 6.97. The minimum absolute atomic E-state index is 0.119. The molecular formula is C21H23FN4O3S. The second-order valence-corrected chi connectivity index (χ2v) is 8.79. The van der Waals surface area contributed by atoms with Crippen LogP contribution < -0.4 is 10.0 Å². The summed E-state index contributed by atoms with van der Waals surface area (Å²) in [6.45, 7) is 4.76. The monoisotopic (exact) mass is 430 g/mol. The van der Waals surface area contributed by atoms with Crippen LogP contribution in [0.2, 0.25) is 0 Å². The third-order valence-corrected chi connectivity index (χ3v) is 5.91. The highest BCUT2D eigenvalue weighted by Gasteiger charge is 2.20. The van der Waals surface area contributed by atoms with Gasteiger partial charge in [-0.1, -0.05) is 25.1 Å². The number of halogens is 1. The minimum atomic E-state index is -4.06. The van der Waals surface area contributed by atoms with Crippen molar-refractivity contribution in [3.05, 3.63) is 77.9 Å². The Hall–Kier alpha value is -3.20. The molecule has 0 aliphatic heterocycles. The Morgan fingerprint density at radius 1 is 1.20 bits per heavy atom. The first-order chi connectivity index (χ1) is 14.3. The predicted molar refractivity (Wildman–Crippen MR) is 112 cm³/mol. The highest BCUT2D eigenvalue weighted by Crippen LogP contribution is 2.21. The normalized spacial score (nSPS) is 12.4. The summed E-state index contributed by atoms with van der Waals surface area (Å²) in [6, 6.07) is 11.6. The number of sulfonamides is 1. The molecule has 1 amide bonds. The molecule has 158 valence electrons. The van der Waals surface area contributed by atoms with E-state index in [2.05, 4.69) is 15.1 Å². The number of aryl methyl sites for hydroxylation is 1. The molecule has 3 aromatic rings. The van der Waals surface area contributed by atoms with Gasteiger partial charge in [0.1, 0.15) is 5.82 Å². The van der Waals surface area contributed by atoms with Crippen molar-refractivity contribution in [1.29, 1.82) is 0 Å². The summed E-state index contributed by atoms with van der Waals surface area (Å²) >= 11 is 0. The number of benzene rings is 2. The maximum absolute atomic E-state index is 13.8. The first kappa shape index (κ1) is 21.5. The number of nitrogens with zero attached hydrogens (tertiary/aromatic N) is 2. The van der Waals surface area contributed by atoms with Crippen LogP contribution in [0.1, 0.15) is 22.8 Å². The van der Waals surface area contributed by atoms with E-state index in [0.717, 1.165) is 6.07 Å². The Morgan fingerprint density at radius 3 is 2.67 bits per heavy atom. The lowest BCUT2D eigenvalue weighted by atomic mass is 10.1. The third-order valence-electron chi connectivity index (χ3n) is 4.55. The molecule has 0 aliphatic carbocycles. The highest BCUT2D eigenvalue weighted by molar-refractivity contribution is 7.92. The fraction of sp³-hybridized carbons (Fsp3) is 0.238. The van der Waals surface area contributed by atoms with Crippen LogP contribution in [0, 0.1) is 18.7 Å². The number of amides is 1. The average Bonchev–Trinajstić information content (AvgIpc) is 3.21. The molecule has 7 nitrogen and oxygen atoms in total. The lowest BCUT2D eigenvalue weighted by Gasteiger charge is -2.15. The molecule has 0 spiro atoms. The molecule has 30 heavy (non-hydrogen) atoms. The number of anilines is 1. The van der Waals surface area contributed by atoms with Gasteiger partial charge in [-0.15, -0.1) is 0 Å². The Balaban J connectivity index is 1.72. The average molecular weight is 431 g/mol. The van der Waals surface area contributed by atoms with Crippen molar-refractivity contribution in [3.63, 3.8) is 0 Å². The van der Waals surface area contributed by atoms with E-state index >= 15 is 0 Å². The minimum Gasteiger partial charge on any atom is -0.352 e. The van der Waals surface area contributed by atoms with Gasteiger partial charge in [0, 0.05) is 31.0 Å².